The number of carboxylic acid groups (broad SMARTS) is 5. The number of carboxylic acids is 5. The SMILES string of the molecule is N[C@@H](CCCCNC(=S)Nc1ccc(C[C@@H]2CN(CC(=O)[O-])CCN(CC(=O)[O-])CCN(CC(=O)[O-])CCN2CC(=O)O)cc1)C(=O)O.[177Lu+3]. The number of hydrogen-bond acceptors (Lipinski definition) is 14. The number of thiocarbonyl (C=S) groups is 1. The zero-order valence-corrected chi connectivity index (χ0v) is 29.4. The Hall–Kier alpha value is -2.71. The summed E-state index contributed by atoms with van der Waals surface area (Å²) >= 11 is 5.34. The van der Waals surface area contributed by atoms with Crippen LogP contribution in [-0.4, -0.2) is 155 Å². The molecule has 1 aliphatic rings. The Morgan fingerprint density at radius 1 is 0.816 bits per heavy atom. The first-order valence-corrected chi connectivity index (χ1v) is 16.0. The molecule has 0 spiro atoms. The Morgan fingerprint density at radius 3 is 1.84 bits per heavy atom. The molecule has 1 aliphatic heterocycles. The molecule has 0 radical (unpaired) electrons. The summed E-state index contributed by atoms with van der Waals surface area (Å²) in [4.78, 5) is 63.5. The van der Waals surface area contributed by atoms with Gasteiger partial charge in [0.05, 0.1) is 24.5 Å². The van der Waals surface area contributed by atoms with Gasteiger partial charge in [-0.05, 0) is 55.6 Å². The van der Waals surface area contributed by atoms with Gasteiger partial charge in [0.1, 0.15) is 6.04 Å². The summed E-state index contributed by atoms with van der Waals surface area (Å²) < 4.78 is 0. The normalized spacial score (nSPS) is 17.8. The fourth-order valence-corrected chi connectivity index (χ4v) is 5.54. The van der Waals surface area contributed by atoms with Crippen LogP contribution in [0.25, 0.3) is 0 Å². The van der Waals surface area contributed by atoms with Crippen molar-refractivity contribution in [2.45, 2.75) is 37.8 Å². The standard InChI is InChI=1S/C30H47N7O10S.Lu/c31-24(29(46)47)3-1-2-8-32-30(48)33-22-6-4-21(5-7-22)15-23-16-36(19-27(42)43)12-11-34(17-25(38)39)9-10-35(18-26(40)41)13-14-37(23)20-28(44)45;/h4-7,23-24H,1-3,8-20,31H2,(H,38,39)(H,40,41)(H,42,43)(H,44,45)(H,46,47)(H2,32,33,48);/q;+3/p-3/t23-,24+;/m1./s1/i;1+2. The van der Waals surface area contributed by atoms with Gasteiger partial charge in [-0.3, -0.25) is 29.2 Å². The molecule has 1 fully saturated rings. The molecule has 0 unspecified atom stereocenters. The van der Waals surface area contributed by atoms with Crippen LogP contribution in [0.4, 0.5) is 5.69 Å². The smallest absolute Gasteiger partial charge is 0.549 e. The van der Waals surface area contributed by atoms with Gasteiger partial charge in [0.15, 0.2) is 5.11 Å². The molecule has 0 bridgehead atoms. The number of unbranched alkanes of at least 4 members (excludes halogenated alkanes) is 1. The third kappa shape index (κ3) is 19.3. The van der Waals surface area contributed by atoms with E-state index in [2.05, 4.69) is 10.6 Å². The summed E-state index contributed by atoms with van der Waals surface area (Å²) in [5.41, 5.74) is 6.99. The van der Waals surface area contributed by atoms with E-state index < -0.39 is 61.6 Å². The van der Waals surface area contributed by atoms with Gasteiger partial charge >= 0.3 is 48.8 Å². The van der Waals surface area contributed by atoms with E-state index in [-0.39, 0.29) is 89.2 Å². The van der Waals surface area contributed by atoms with Crippen molar-refractivity contribution < 1.29 is 86.4 Å². The van der Waals surface area contributed by atoms with Crippen LogP contribution in [0.2, 0.25) is 0 Å². The minimum Gasteiger partial charge on any atom is -0.549 e. The van der Waals surface area contributed by atoms with Gasteiger partial charge in [-0.15, -0.1) is 0 Å². The number of aliphatic carboxylic acids is 5. The molecule has 19 heteroatoms. The molecule has 0 saturated carbocycles. The molecule has 17 nitrogen and oxygen atoms in total. The molecule has 0 aliphatic carbocycles. The molecular weight excluding hydrogens is 827 g/mol. The minimum atomic E-state index is -1.35. The topological polar surface area (TPSA) is 258 Å². The van der Waals surface area contributed by atoms with E-state index in [4.69, 9.17) is 23.1 Å². The average Bonchev–Trinajstić information content (AvgIpc) is 2.98. The van der Waals surface area contributed by atoms with Crippen molar-refractivity contribution in [1.82, 2.24) is 24.9 Å². The van der Waals surface area contributed by atoms with Crippen molar-refractivity contribution in [3.63, 3.8) is 0 Å². The number of anilines is 1. The summed E-state index contributed by atoms with van der Waals surface area (Å²) in [6.45, 7) is -0.274. The van der Waals surface area contributed by atoms with Crippen molar-refractivity contribution >= 4 is 52.9 Å². The molecule has 2 atom stereocenters. The van der Waals surface area contributed by atoms with Crippen LogP contribution < -0.4 is 31.7 Å². The van der Waals surface area contributed by atoms with E-state index in [9.17, 15) is 44.4 Å². The first kappa shape index (κ1) is 44.3. The van der Waals surface area contributed by atoms with Gasteiger partial charge < -0.3 is 56.3 Å². The summed E-state index contributed by atoms with van der Waals surface area (Å²) in [5.74, 6) is -6.17. The van der Waals surface area contributed by atoms with Crippen LogP contribution in [0.3, 0.4) is 0 Å². The van der Waals surface area contributed by atoms with Crippen molar-refractivity contribution in [3.05, 3.63) is 29.8 Å². The van der Waals surface area contributed by atoms with Crippen LogP contribution in [-0.2, 0) is 30.4 Å². The van der Waals surface area contributed by atoms with Gasteiger partial charge in [-0.2, -0.15) is 0 Å². The first-order chi connectivity index (χ1) is 22.7. The predicted octanol–water partition coefficient (Wildman–Crippen LogP) is -4.98. The number of rotatable bonds is 17. The molecule has 49 heavy (non-hydrogen) atoms. The second-order valence-electron chi connectivity index (χ2n) is 11.6. The van der Waals surface area contributed by atoms with Gasteiger partial charge in [-0.25, -0.2) is 0 Å². The fourth-order valence-electron chi connectivity index (χ4n) is 5.32. The van der Waals surface area contributed by atoms with E-state index in [1.807, 2.05) is 12.1 Å². The van der Waals surface area contributed by atoms with Crippen molar-refractivity contribution in [3.8, 4) is 0 Å². The number of nitrogens with zero attached hydrogens (tertiary/aromatic N) is 4. The van der Waals surface area contributed by atoms with Crippen LogP contribution in [0.5, 0.6) is 0 Å². The minimum absolute atomic E-state index is 0. The molecular formula is C30H44LuN7O10S. The Balaban J connectivity index is 0.0000120. The number of nitrogens with two attached hydrogens (primary N) is 1. The van der Waals surface area contributed by atoms with E-state index in [1.165, 1.54) is 4.90 Å². The molecule has 1 heterocycles. The van der Waals surface area contributed by atoms with Crippen LogP contribution >= 0.6 is 12.2 Å². The number of carbonyl (C=O) groups excluding carboxylic acids is 3. The Labute approximate surface area is 319 Å². The number of hydrogen-bond donors (Lipinski definition) is 5. The van der Waals surface area contributed by atoms with Gasteiger partial charge in [0.2, 0.25) is 0 Å². The first-order valence-electron chi connectivity index (χ1n) is 15.6. The van der Waals surface area contributed by atoms with E-state index in [0.717, 1.165) is 5.56 Å². The van der Waals surface area contributed by atoms with Gasteiger partial charge in [-0.1, -0.05) is 12.1 Å². The monoisotopic (exact) mass is 871 g/mol. The average molecular weight is 872 g/mol. The summed E-state index contributed by atoms with van der Waals surface area (Å²) in [6.07, 6.45) is 1.95. The largest absolute Gasteiger partial charge is 3.00 e. The van der Waals surface area contributed by atoms with Crippen molar-refractivity contribution in [2.75, 3.05) is 83.9 Å². The molecule has 1 aromatic rings. The number of benzene rings is 1. The summed E-state index contributed by atoms with van der Waals surface area (Å²) in [6, 6.07) is 5.77. The third-order valence-electron chi connectivity index (χ3n) is 7.78. The molecule has 280 valence electrons. The second-order valence-corrected chi connectivity index (χ2v) is 12.1. The Kier molecular flexibility index (Phi) is 21.4. The summed E-state index contributed by atoms with van der Waals surface area (Å²) in [7, 11) is 0. The van der Waals surface area contributed by atoms with Gasteiger partial charge in [0, 0.05) is 83.7 Å². The van der Waals surface area contributed by atoms with E-state index in [0.29, 0.717) is 43.0 Å². The zero-order valence-electron chi connectivity index (χ0n) is 27.0. The fraction of sp³-hybridized carbons (Fsp3) is 0.600. The quantitative estimate of drug-likeness (QED) is 0.0726. The molecule has 6 N–H and O–H groups in total. The molecule has 0 aromatic heterocycles. The van der Waals surface area contributed by atoms with Crippen LogP contribution in [0, 0.1) is 36.9 Å². The van der Waals surface area contributed by atoms with E-state index in [1.54, 1.807) is 26.8 Å². The summed E-state index contributed by atoms with van der Waals surface area (Å²) in [5, 5.41) is 59.5. The molecule has 0 amide bonds. The Morgan fingerprint density at radius 2 is 1.33 bits per heavy atom. The molecule has 1 aromatic carbocycles. The van der Waals surface area contributed by atoms with Crippen molar-refractivity contribution in [2.24, 2.45) is 5.73 Å². The van der Waals surface area contributed by atoms with Gasteiger partial charge in [0.25, 0.3) is 0 Å². The third-order valence-corrected chi connectivity index (χ3v) is 8.02. The van der Waals surface area contributed by atoms with Crippen LogP contribution in [0.15, 0.2) is 24.3 Å². The zero-order chi connectivity index (χ0) is 35.6. The maximum Gasteiger partial charge on any atom is 3.00 e. The molecule has 2 rings (SSSR count). The van der Waals surface area contributed by atoms with Crippen molar-refractivity contribution in [1.29, 1.82) is 0 Å². The van der Waals surface area contributed by atoms with E-state index >= 15 is 0 Å². The number of nitrogens with one attached hydrogen (secondary N) is 2. The maximum absolute atomic E-state index is 11.9. The Bertz CT molecular complexity index is 1250. The molecule has 1 saturated heterocycles. The maximum atomic E-state index is 11.9. The van der Waals surface area contributed by atoms with Crippen LogP contribution in [0.1, 0.15) is 24.8 Å². The predicted molar refractivity (Wildman–Crippen MR) is 171 cm³/mol. The number of carbonyl (C=O) groups is 5. The second kappa shape index (κ2) is 23.7.